The molecule has 22 heavy (non-hydrogen) atoms. The quantitative estimate of drug-likeness (QED) is 0.726. The Bertz CT molecular complexity index is 525. The highest BCUT2D eigenvalue weighted by Crippen LogP contribution is 2.19. The van der Waals surface area contributed by atoms with Crippen molar-refractivity contribution in [1.29, 1.82) is 0 Å². The topological polar surface area (TPSA) is 55.8 Å². The van der Waals surface area contributed by atoms with E-state index in [0.29, 0.717) is 12.3 Å². The lowest BCUT2D eigenvalue weighted by molar-refractivity contribution is -0.142. The van der Waals surface area contributed by atoms with Gasteiger partial charge >= 0.3 is 5.97 Å². The molecule has 0 saturated carbocycles. The maximum absolute atomic E-state index is 12.3. The second kappa shape index (κ2) is 8.41. The summed E-state index contributed by atoms with van der Waals surface area (Å²) in [7, 11) is 1.34. The van der Waals surface area contributed by atoms with Crippen LogP contribution in [0.5, 0.6) is 5.75 Å². The Morgan fingerprint density at radius 1 is 1.23 bits per heavy atom. The lowest BCUT2D eigenvalue weighted by Gasteiger charge is -2.26. The standard InChI is InChI=1S/C17H25NO4/c1-12(2)18(9-8-17(20)21-5)16(19)11-22-15-10-13(3)6-7-14(15)4/h6-7,10,12H,8-9,11H2,1-5H3. The number of rotatable bonds is 7. The molecule has 0 N–H and O–H groups in total. The van der Waals surface area contributed by atoms with Crippen molar-refractivity contribution in [3.8, 4) is 5.75 Å². The van der Waals surface area contributed by atoms with Crippen LogP contribution in [-0.2, 0) is 14.3 Å². The van der Waals surface area contributed by atoms with Crippen LogP contribution in [0.25, 0.3) is 0 Å². The number of aryl methyl sites for hydroxylation is 2. The molecule has 0 radical (unpaired) electrons. The largest absolute Gasteiger partial charge is 0.483 e. The van der Waals surface area contributed by atoms with E-state index in [4.69, 9.17) is 4.74 Å². The monoisotopic (exact) mass is 307 g/mol. The maximum atomic E-state index is 12.3. The molecule has 0 aliphatic heterocycles. The number of carbonyl (C=O) groups excluding carboxylic acids is 2. The van der Waals surface area contributed by atoms with Crippen LogP contribution in [0, 0.1) is 13.8 Å². The zero-order valence-electron chi connectivity index (χ0n) is 14.0. The highest BCUT2D eigenvalue weighted by atomic mass is 16.5. The van der Waals surface area contributed by atoms with Gasteiger partial charge in [-0.1, -0.05) is 12.1 Å². The van der Waals surface area contributed by atoms with Crippen molar-refractivity contribution in [2.75, 3.05) is 20.3 Å². The van der Waals surface area contributed by atoms with Gasteiger partial charge in [0, 0.05) is 12.6 Å². The highest BCUT2D eigenvalue weighted by molar-refractivity contribution is 5.79. The molecular weight excluding hydrogens is 282 g/mol. The first-order chi connectivity index (χ1) is 10.3. The van der Waals surface area contributed by atoms with Gasteiger partial charge in [0.05, 0.1) is 13.5 Å². The summed E-state index contributed by atoms with van der Waals surface area (Å²) in [4.78, 5) is 25.2. The number of hydrogen-bond donors (Lipinski definition) is 0. The summed E-state index contributed by atoms with van der Waals surface area (Å²) in [5, 5.41) is 0. The Labute approximate surface area is 132 Å². The van der Waals surface area contributed by atoms with Gasteiger partial charge in [0.2, 0.25) is 0 Å². The first-order valence-electron chi connectivity index (χ1n) is 7.41. The summed E-state index contributed by atoms with van der Waals surface area (Å²) in [5.74, 6) is 0.249. The molecule has 1 aromatic carbocycles. The first kappa shape index (κ1) is 18.0. The molecule has 1 amide bonds. The van der Waals surface area contributed by atoms with Crippen molar-refractivity contribution in [3.63, 3.8) is 0 Å². The van der Waals surface area contributed by atoms with Crippen molar-refractivity contribution >= 4 is 11.9 Å². The molecule has 0 aliphatic carbocycles. The van der Waals surface area contributed by atoms with Crippen molar-refractivity contribution in [3.05, 3.63) is 29.3 Å². The van der Waals surface area contributed by atoms with E-state index in [0.717, 1.165) is 11.1 Å². The van der Waals surface area contributed by atoms with Gasteiger partial charge in [-0.25, -0.2) is 0 Å². The summed E-state index contributed by atoms with van der Waals surface area (Å²) < 4.78 is 10.2. The molecule has 0 fully saturated rings. The summed E-state index contributed by atoms with van der Waals surface area (Å²) >= 11 is 0. The molecule has 0 saturated heterocycles. The molecule has 0 aliphatic rings. The molecule has 0 aromatic heterocycles. The zero-order valence-corrected chi connectivity index (χ0v) is 14.0. The Hall–Kier alpha value is -2.04. The molecule has 1 rings (SSSR count). The van der Waals surface area contributed by atoms with Gasteiger partial charge in [-0.2, -0.15) is 0 Å². The Balaban J connectivity index is 2.63. The normalized spacial score (nSPS) is 10.5. The number of methoxy groups -OCH3 is 1. The Morgan fingerprint density at radius 2 is 1.91 bits per heavy atom. The van der Waals surface area contributed by atoms with E-state index in [1.807, 2.05) is 45.9 Å². The van der Waals surface area contributed by atoms with Gasteiger partial charge in [-0.05, 0) is 44.9 Å². The van der Waals surface area contributed by atoms with Crippen LogP contribution < -0.4 is 4.74 Å². The van der Waals surface area contributed by atoms with E-state index in [1.54, 1.807) is 4.90 Å². The number of amides is 1. The lowest BCUT2D eigenvalue weighted by atomic mass is 10.1. The minimum absolute atomic E-state index is 0.000590. The molecule has 122 valence electrons. The Morgan fingerprint density at radius 3 is 2.50 bits per heavy atom. The fraction of sp³-hybridized carbons (Fsp3) is 0.529. The van der Waals surface area contributed by atoms with Gasteiger partial charge in [0.15, 0.2) is 6.61 Å². The van der Waals surface area contributed by atoms with E-state index in [2.05, 4.69) is 4.74 Å². The van der Waals surface area contributed by atoms with Gasteiger partial charge in [-0.15, -0.1) is 0 Å². The maximum Gasteiger partial charge on any atom is 0.307 e. The molecule has 0 bridgehead atoms. The molecular formula is C17H25NO4. The summed E-state index contributed by atoms with van der Waals surface area (Å²) in [5.41, 5.74) is 2.07. The molecule has 0 heterocycles. The zero-order chi connectivity index (χ0) is 16.7. The third kappa shape index (κ3) is 5.39. The molecule has 5 heteroatoms. The predicted molar refractivity (Wildman–Crippen MR) is 84.9 cm³/mol. The second-order valence-corrected chi connectivity index (χ2v) is 5.56. The number of nitrogens with zero attached hydrogens (tertiary/aromatic N) is 1. The molecule has 0 unspecified atom stereocenters. The summed E-state index contributed by atoms with van der Waals surface area (Å²) in [6, 6.07) is 5.88. The van der Waals surface area contributed by atoms with Crippen LogP contribution in [-0.4, -0.2) is 43.1 Å². The van der Waals surface area contributed by atoms with Crippen LogP contribution in [0.2, 0.25) is 0 Å². The highest BCUT2D eigenvalue weighted by Gasteiger charge is 2.19. The SMILES string of the molecule is COC(=O)CCN(C(=O)COc1cc(C)ccc1C)C(C)C. The van der Waals surface area contributed by atoms with Gasteiger partial charge < -0.3 is 14.4 Å². The number of esters is 1. The van der Waals surface area contributed by atoms with Gasteiger partial charge in [0.25, 0.3) is 5.91 Å². The van der Waals surface area contributed by atoms with Crippen molar-refractivity contribution < 1.29 is 19.1 Å². The van der Waals surface area contributed by atoms with Crippen LogP contribution in [0.4, 0.5) is 0 Å². The number of hydrogen-bond acceptors (Lipinski definition) is 4. The minimum Gasteiger partial charge on any atom is -0.483 e. The van der Waals surface area contributed by atoms with Crippen LogP contribution >= 0.6 is 0 Å². The van der Waals surface area contributed by atoms with E-state index < -0.39 is 0 Å². The second-order valence-electron chi connectivity index (χ2n) is 5.56. The van der Waals surface area contributed by atoms with Crippen LogP contribution in [0.3, 0.4) is 0 Å². The van der Waals surface area contributed by atoms with Crippen LogP contribution in [0.15, 0.2) is 18.2 Å². The number of ether oxygens (including phenoxy) is 2. The number of carbonyl (C=O) groups is 2. The number of benzene rings is 1. The lowest BCUT2D eigenvalue weighted by Crippen LogP contribution is -2.41. The third-order valence-corrected chi connectivity index (χ3v) is 3.42. The van der Waals surface area contributed by atoms with E-state index in [9.17, 15) is 9.59 Å². The first-order valence-corrected chi connectivity index (χ1v) is 7.41. The average Bonchev–Trinajstić information content (AvgIpc) is 2.47. The van der Waals surface area contributed by atoms with E-state index in [-0.39, 0.29) is 30.9 Å². The van der Waals surface area contributed by atoms with Gasteiger partial charge in [-0.3, -0.25) is 9.59 Å². The smallest absolute Gasteiger partial charge is 0.307 e. The average molecular weight is 307 g/mol. The molecule has 0 spiro atoms. The Kier molecular flexibility index (Phi) is 6.89. The predicted octanol–water partition coefficient (Wildman–Crippen LogP) is 2.48. The molecule has 0 atom stereocenters. The molecule has 1 aromatic rings. The molecule has 5 nitrogen and oxygen atoms in total. The summed E-state index contributed by atoms with van der Waals surface area (Å²) in [6.45, 7) is 8.03. The van der Waals surface area contributed by atoms with E-state index >= 15 is 0 Å². The minimum atomic E-state index is -0.325. The fourth-order valence-electron chi connectivity index (χ4n) is 2.07. The van der Waals surface area contributed by atoms with Crippen molar-refractivity contribution in [2.45, 2.75) is 40.2 Å². The van der Waals surface area contributed by atoms with E-state index in [1.165, 1.54) is 7.11 Å². The van der Waals surface area contributed by atoms with Crippen molar-refractivity contribution in [1.82, 2.24) is 4.90 Å². The van der Waals surface area contributed by atoms with Gasteiger partial charge in [0.1, 0.15) is 5.75 Å². The van der Waals surface area contributed by atoms with Crippen LogP contribution in [0.1, 0.15) is 31.4 Å². The summed E-state index contributed by atoms with van der Waals surface area (Å²) in [6.07, 6.45) is 0.184. The van der Waals surface area contributed by atoms with Crippen molar-refractivity contribution in [2.24, 2.45) is 0 Å². The fourth-order valence-corrected chi connectivity index (χ4v) is 2.07. The third-order valence-electron chi connectivity index (χ3n) is 3.42.